The molecular weight excluding hydrogens is 320 g/mol. The molecular formula is C17H16N6O2. The van der Waals surface area contributed by atoms with E-state index in [0.717, 1.165) is 5.56 Å². The van der Waals surface area contributed by atoms with Crippen molar-refractivity contribution >= 4 is 23.2 Å². The molecule has 2 amide bonds. The van der Waals surface area contributed by atoms with Gasteiger partial charge >= 0.3 is 0 Å². The van der Waals surface area contributed by atoms with Crippen molar-refractivity contribution in [2.45, 2.75) is 13.8 Å². The highest BCUT2D eigenvalue weighted by Crippen LogP contribution is 2.18. The van der Waals surface area contributed by atoms with Crippen LogP contribution in [0.4, 0.5) is 11.4 Å². The van der Waals surface area contributed by atoms with Gasteiger partial charge in [-0.25, -0.2) is 14.6 Å². The number of hydrogen-bond donors (Lipinski definition) is 2. The van der Waals surface area contributed by atoms with Gasteiger partial charge in [-0.2, -0.15) is 5.10 Å². The maximum Gasteiger partial charge on any atom is 0.255 e. The standard InChI is InChI=1S/C17H16N6O2/c1-11-3-4-13(7-15(11)21-12(2)24)17(25)22-14-5-6-16(19-8-14)23-10-18-9-20-23/h3-10H,1-2H3,(H,21,24)(H,22,25). The van der Waals surface area contributed by atoms with Crippen LogP contribution in [0.1, 0.15) is 22.8 Å². The highest BCUT2D eigenvalue weighted by Gasteiger charge is 2.10. The summed E-state index contributed by atoms with van der Waals surface area (Å²) in [5, 5.41) is 9.47. The van der Waals surface area contributed by atoms with Crippen LogP contribution in [0.15, 0.2) is 49.2 Å². The fraction of sp³-hybridized carbons (Fsp3) is 0.118. The van der Waals surface area contributed by atoms with Gasteiger partial charge in [0.2, 0.25) is 5.91 Å². The quantitative estimate of drug-likeness (QED) is 0.760. The van der Waals surface area contributed by atoms with Crippen molar-refractivity contribution in [2.24, 2.45) is 0 Å². The molecule has 8 nitrogen and oxygen atoms in total. The summed E-state index contributed by atoms with van der Waals surface area (Å²) in [4.78, 5) is 31.7. The number of nitrogens with zero attached hydrogens (tertiary/aromatic N) is 4. The maximum absolute atomic E-state index is 12.4. The van der Waals surface area contributed by atoms with Crippen LogP contribution in [0.5, 0.6) is 0 Å². The predicted molar refractivity (Wildman–Crippen MR) is 92.6 cm³/mol. The number of carbonyl (C=O) groups is 2. The van der Waals surface area contributed by atoms with E-state index in [4.69, 9.17) is 0 Å². The van der Waals surface area contributed by atoms with Crippen molar-refractivity contribution in [1.82, 2.24) is 19.7 Å². The summed E-state index contributed by atoms with van der Waals surface area (Å²) in [6.07, 6.45) is 4.50. The number of hydrogen-bond acceptors (Lipinski definition) is 5. The first kappa shape index (κ1) is 16.3. The SMILES string of the molecule is CC(=O)Nc1cc(C(=O)Nc2ccc(-n3cncn3)nc2)ccc1C. The van der Waals surface area contributed by atoms with Gasteiger partial charge in [0.25, 0.3) is 5.91 Å². The van der Waals surface area contributed by atoms with Crippen molar-refractivity contribution in [3.8, 4) is 5.82 Å². The van der Waals surface area contributed by atoms with E-state index in [9.17, 15) is 9.59 Å². The molecule has 0 spiro atoms. The Morgan fingerprint density at radius 3 is 2.60 bits per heavy atom. The monoisotopic (exact) mass is 336 g/mol. The van der Waals surface area contributed by atoms with Gasteiger partial charge in [0.05, 0.1) is 11.9 Å². The van der Waals surface area contributed by atoms with Gasteiger partial charge in [-0.05, 0) is 36.8 Å². The molecule has 0 aliphatic rings. The highest BCUT2D eigenvalue weighted by atomic mass is 16.2. The summed E-state index contributed by atoms with van der Waals surface area (Å²) in [6.45, 7) is 3.29. The Morgan fingerprint density at radius 1 is 1.12 bits per heavy atom. The molecule has 3 rings (SSSR count). The zero-order chi connectivity index (χ0) is 17.8. The number of benzene rings is 1. The predicted octanol–water partition coefficient (Wildman–Crippen LogP) is 2.18. The second-order valence-corrected chi connectivity index (χ2v) is 5.41. The Hall–Kier alpha value is -3.55. The fourth-order valence-corrected chi connectivity index (χ4v) is 2.21. The minimum Gasteiger partial charge on any atom is -0.326 e. The lowest BCUT2D eigenvalue weighted by Gasteiger charge is -2.10. The number of anilines is 2. The summed E-state index contributed by atoms with van der Waals surface area (Å²) in [5.41, 5.74) is 2.48. The third kappa shape index (κ3) is 3.86. The zero-order valence-corrected chi connectivity index (χ0v) is 13.7. The molecule has 2 aromatic heterocycles. The molecule has 0 fully saturated rings. The van der Waals surface area contributed by atoms with E-state index in [1.807, 2.05) is 6.92 Å². The average Bonchev–Trinajstić information content (AvgIpc) is 3.11. The Labute approximate surface area is 143 Å². The molecule has 25 heavy (non-hydrogen) atoms. The zero-order valence-electron chi connectivity index (χ0n) is 13.7. The third-order valence-corrected chi connectivity index (χ3v) is 3.47. The maximum atomic E-state index is 12.4. The van der Waals surface area contributed by atoms with Crippen molar-refractivity contribution in [3.05, 3.63) is 60.3 Å². The topological polar surface area (TPSA) is 102 Å². The molecule has 0 aliphatic carbocycles. The smallest absolute Gasteiger partial charge is 0.255 e. The number of pyridine rings is 1. The molecule has 0 unspecified atom stereocenters. The van der Waals surface area contributed by atoms with Crippen LogP contribution in [-0.4, -0.2) is 31.6 Å². The van der Waals surface area contributed by atoms with Crippen LogP contribution in [-0.2, 0) is 4.79 Å². The molecule has 1 aromatic carbocycles. The number of carbonyl (C=O) groups excluding carboxylic acids is 2. The molecule has 126 valence electrons. The van der Waals surface area contributed by atoms with Gasteiger partial charge in [-0.15, -0.1) is 0 Å². The van der Waals surface area contributed by atoms with Crippen LogP contribution >= 0.6 is 0 Å². The van der Waals surface area contributed by atoms with Crippen LogP contribution in [0.3, 0.4) is 0 Å². The van der Waals surface area contributed by atoms with E-state index in [-0.39, 0.29) is 11.8 Å². The van der Waals surface area contributed by atoms with E-state index in [1.165, 1.54) is 30.5 Å². The summed E-state index contributed by atoms with van der Waals surface area (Å²) in [7, 11) is 0. The molecule has 3 aromatic rings. The summed E-state index contributed by atoms with van der Waals surface area (Å²) in [5.74, 6) is 0.120. The lowest BCUT2D eigenvalue weighted by atomic mass is 10.1. The molecule has 0 saturated carbocycles. The van der Waals surface area contributed by atoms with Gasteiger partial charge in [0.15, 0.2) is 5.82 Å². The average molecular weight is 336 g/mol. The van der Waals surface area contributed by atoms with Crippen molar-refractivity contribution in [1.29, 1.82) is 0 Å². The second kappa shape index (κ2) is 6.91. The first-order chi connectivity index (χ1) is 12.0. The lowest BCUT2D eigenvalue weighted by molar-refractivity contribution is -0.114. The Kier molecular flexibility index (Phi) is 4.51. The summed E-state index contributed by atoms with van der Waals surface area (Å²) in [6, 6.07) is 8.58. The van der Waals surface area contributed by atoms with Crippen molar-refractivity contribution in [3.63, 3.8) is 0 Å². The van der Waals surface area contributed by atoms with Gasteiger partial charge in [0.1, 0.15) is 12.7 Å². The Bertz CT molecular complexity index is 903. The number of nitrogens with one attached hydrogen (secondary N) is 2. The molecule has 0 bridgehead atoms. The number of amides is 2. The number of aryl methyl sites for hydroxylation is 1. The largest absolute Gasteiger partial charge is 0.326 e. The molecule has 0 aliphatic heterocycles. The molecule has 2 N–H and O–H groups in total. The third-order valence-electron chi connectivity index (χ3n) is 3.47. The minimum absolute atomic E-state index is 0.187. The minimum atomic E-state index is -0.290. The number of rotatable bonds is 4. The van der Waals surface area contributed by atoms with Crippen molar-refractivity contribution in [2.75, 3.05) is 10.6 Å². The van der Waals surface area contributed by atoms with E-state index < -0.39 is 0 Å². The van der Waals surface area contributed by atoms with E-state index in [0.29, 0.717) is 22.8 Å². The van der Waals surface area contributed by atoms with E-state index in [1.54, 1.807) is 30.3 Å². The molecule has 2 heterocycles. The molecule has 8 heteroatoms. The van der Waals surface area contributed by atoms with Crippen LogP contribution < -0.4 is 10.6 Å². The van der Waals surface area contributed by atoms with Crippen LogP contribution in [0.2, 0.25) is 0 Å². The first-order valence-corrected chi connectivity index (χ1v) is 7.53. The Morgan fingerprint density at radius 2 is 1.96 bits per heavy atom. The van der Waals surface area contributed by atoms with Crippen molar-refractivity contribution < 1.29 is 9.59 Å². The van der Waals surface area contributed by atoms with Gasteiger partial charge in [-0.1, -0.05) is 6.07 Å². The summed E-state index contributed by atoms with van der Waals surface area (Å²) < 4.78 is 1.52. The molecule has 0 saturated heterocycles. The normalized spacial score (nSPS) is 10.3. The van der Waals surface area contributed by atoms with E-state index in [2.05, 4.69) is 25.7 Å². The van der Waals surface area contributed by atoms with Gasteiger partial charge < -0.3 is 10.6 Å². The van der Waals surface area contributed by atoms with Gasteiger partial charge in [0, 0.05) is 18.2 Å². The number of aromatic nitrogens is 4. The molecule has 0 atom stereocenters. The van der Waals surface area contributed by atoms with Crippen LogP contribution in [0.25, 0.3) is 5.82 Å². The summed E-state index contributed by atoms with van der Waals surface area (Å²) >= 11 is 0. The second-order valence-electron chi connectivity index (χ2n) is 5.41. The first-order valence-electron chi connectivity index (χ1n) is 7.53. The van der Waals surface area contributed by atoms with E-state index >= 15 is 0 Å². The fourth-order valence-electron chi connectivity index (χ4n) is 2.21. The Balaban J connectivity index is 1.75. The van der Waals surface area contributed by atoms with Crippen LogP contribution in [0, 0.1) is 6.92 Å². The molecule has 0 radical (unpaired) electrons. The lowest BCUT2D eigenvalue weighted by Crippen LogP contribution is -2.14. The van der Waals surface area contributed by atoms with Gasteiger partial charge in [-0.3, -0.25) is 9.59 Å². The highest BCUT2D eigenvalue weighted by molar-refractivity contribution is 6.05.